The Hall–Kier alpha value is -1.91. The molecule has 0 bridgehead atoms. The molecule has 0 spiro atoms. The average molecular weight is 348 g/mol. The summed E-state index contributed by atoms with van der Waals surface area (Å²) >= 11 is 0. The predicted molar refractivity (Wildman–Crippen MR) is 65.5 cm³/mol. The molecule has 23 heavy (non-hydrogen) atoms. The van der Waals surface area contributed by atoms with E-state index in [2.05, 4.69) is 0 Å². The van der Waals surface area contributed by atoms with E-state index in [0.717, 1.165) is 6.07 Å². The van der Waals surface area contributed by atoms with Gasteiger partial charge in [0, 0.05) is 13.0 Å². The molecule has 2 amide bonds. The molecule has 1 aromatic rings. The van der Waals surface area contributed by atoms with E-state index in [1.54, 1.807) is 0 Å². The van der Waals surface area contributed by atoms with Crippen molar-refractivity contribution in [3.05, 3.63) is 23.7 Å². The smallest absolute Gasteiger partial charge is 0.424 e. The Morgan fingerprint density at radius 2 is 1.78 bits per heavy atom. The van der Waals surface area contributed by atoms with Crippen LogP contribution in [0, 0.1) is 6.92 Å². The number of furan rings is 1. The first-order valence-corrected chi connectivity index (χ1v) is 6.29. The van der Waals surface area contributed by atoms with E-state index in [1.165, 1.54) is 18.3 Å². The zero-order valence-corrected chi connectivity index (χ0v) is 11.8. The van der Waals surface area contributed by atoms with Crippen molar-refractivity contribution in [2.45, 2.75) is 31.3 Å². The van der Waals surface area contributed by atoms with E-state index >= 15 is 0 Å². The molecular weight excluding hydrogens is 334 g/mol. The summed E-state index contributed by atoms with van der Waals surface area (Å²) in [4.78, 5) is 11.1. The minimum atomic E-state index is -5.10. The molecule has 3 N–H and O–H groups in total. The van der Waals surface area contributed by atoms with Gasteiger partial charge in [-0.05, 0) is 19.1 Å². The summed E-state index contributed by atoms with van der Waals surface area (Å²) in [5.41, 5.74) is -3.36. The molecular formula is C12H14F6N2O3. The van der Waals surface area contributed by atoms with Crippen LogP contribution < -0.4 is 10.6 Å². The molecule has 5 nitrogen and oxygen atoms in total. The summed E-state index contributed by atoms with van der Waals surface area (Å²) in [5.74, 6) is -0.626. The number of hydrogen-bond donors (Lipinski definition) is 3. The fourth-order valence-corrected chi connectivity index (χ4v) is 1.66. The maximum atomic E-state index is 13.0. The second-order valence-electron chi connectivity index (χ2n) is 4.74. The molecule has 0 aliphatic rings. The summed E-state index contributed by atoms with van der Waals surface area (Å²) in [6.07, 6.45) is -10.8. The number of aliphatic hydroxyl groups is 1. The summed E-state index contributed by atoms with van der Waals surface area (Å²) in [5, 5.41) is 13.1. The second-order valence-corrected chi connectivity index (χ2v) is 4.74. The Morgan fingerprint density at radius 3 is 2.22 bits per heavy atom. The first-order valence-electron chi connectivity index (χ1n) is 6.29. The van der Waals surface area contributed by atoms with Gasteiger partial charge in [0.1, 0.15) is 18.1 Å². The van der Waals surface area contributed by atoms with E-state index in [1.807, 2.05) is 5.32 Å². The maximum absolute atomic E-state index is 13.0. The summed E-state index contributed by atoms with van der Waals surface area (Å²) in [7, 11) is 0. The Morgan fingerprint density at radius 1 is 1.17 bits per heavy atom. The van der Waals surface area contributed by atoms with Crippen molar-refractivity contribution in [1.29, 1.82) is 0 Å². The van der Waals surface area contributed by atoms with Gasteiger partial charge in [0.25, 0.3) is 0 Å². The van der Waals surface area contributed by atoms with Gasteiger partial charge in [0.2, 0.25) is 5.60 Å². The van der Waals surface area contributed by atoms with E-state index in [0.29, 0.717) is 0 Å². The van der Waals surface area contributed by atoms with Gasteiger partial charge in [-0.1, -0.05) is 0 Å². The fourth-order valence-electron chi connectivity index (χ4n) is 1.66. The standard InChI is InChI=1S/C12H14F6N2O3/c1-7-2-3-8(23-7)10(22,12(16,17)18)4-5-19-9(21)20-6-11(13,14)15/h2-3,22H,4-6H2,1H3,(H2,19,20,21). The van der Waals surface area contributed by atoms with Crippen LogP contribution in [0.4, 0.5) is 31.1 Å². The van der Waals surface area contributed by atoms with Crippen LogP contribution in [0.15, 0.2) is 16.5 Å². The first kappa shape index (κ1) is 19.1. The van der Waals surface area contributed by atoms with Crippen molar-refractivity contribution in [3.8, 4) is 0 Å². The normalized spacial score (nSPS) is 15.1. The number of alkyl halides is 6. The molecule has 11 heteroatoms. The topological polar surface area (TPSA) is 74.5 Å². The van der Waals surface area contributed by atoms with Gasteiger partial charge in [0.05, 0.1) is 0 Å². The van der Waals surface area contributed by atoms with E-state index < -0.39 is 49.3 Å². The molecule has 132 valence electrons. The number of rotatable bonds is 5. The Labute approximate surface area is 126 Å². The monoisotopic (exact) mass is 348 g/mol. The molecule has 0 saturated heterocycles. The lowest BCUT2D eigenvalue weighted by molar-refractivity contribution is -0.274. The van der Waals surface area contributed by atoms with Crippen molar-refractivity contribution in [3.63, 3.8) is 0 Å². The Balaban J connectivity index is 2.65. The molecule has 0 aliphatic heterocycles. The second kappa shape index (κ2) is 6.69. The minimum Gasteiger partial charge on any atom is -0.463 e. The molecule has 0 aliphatic carbocycles. The largest absolute Gasteiger partial charge is 0.463 e. The predicted octanol–water partition coefficient (Wildman–Crippen LogP) is 2.59. The van der Waals surface area contributed by atoms with E-state index in [9.17, 15) is 36.2 Å². The van der Waals surface area contributed by atoms with Crippen LogP contribution in [0.3, 0.4) is 0 Å². The van der Waals surface area contributed by atoms with Crippen molar-refractivity contribution < 1.29 is 40.7 Å². The van der Waals surface area contributed by atoms with Crippen molar-refractivity contribution >= 4 is 6.03 Å². The maximum Gasteiger partial charge on any atom is 0.424 e. The Kier molecular flexibility index (Phi) is 5.56. The van der Waals surface area contributed by atoms with Gasteiger partial charge in [-0.3, -0.25) is 0 Å². The lowest BCUT2D eigenvalue weighted by Gasteiger charge is -2.28. The van der Waals surface area contributed by atoms with Crippen LogP contribution in [0.1, 0.15) is 17.9 Å². The molecule has 1 rings (SSSR count). The van der Waals surface area contributed by atoms with Crippen LogP contribution in [0.2, 0.25) is 0 Å². The summed E-state index contributed by atoms with van der Waals surface area (Å²) < 4.78 is 79.5. The van der Waals surface area contributed by atoms with E-state index in [4.69, 9.17) is 4.42 Å². The van der Waals surface area contributed by atoms with Crippen molar-refractivity contribution in [2.24, 2.45) is 0 Å². The van der Waals surface area contributed by atoms with Crippen molar-refractivity contribution in [2.75, 3.05) is 13.1 Å². The molecule has 0 fully saturated rings. The lowest BCUT2D eigenvalue weighted by Crippen LogP contribution is -2.46. The third kappa shape index (κ3) is 5.34. The summed E-state index contributed by atoms with van der Waals surface area (Å²) in [6.45, 7) is -0.970. The van der Waals surface area contributed by atoms with Gasteiger partial charge in [-0.25, -0.2) is 4.79 Å². The molecule has 0 saturated carbocycles. The zero-order chi connectivity index (χ0) is 17.9. The Bertz CT molecular complexity index is 540. The van der Waals surface area contributed by atoms with Gasteiger partial charge in [0.15, 0.2) is 0 Å². The fraction of sp³-hybridized carbons (Fsp3) is 0.583. The number of nitrogens with one attached hydrogen (secondary N) is 2. The first-order chi connectivity index (χ1) is 10.3. The number of aryl methyl sites for hydroxylation is 1. The average Bonchev–Trinajstić information content (AvgIpc) is 2.81. The molecule has 1 unspecified atom stereocenters. The van der Waals surface area contributed by atoms with Gasteiger partial charge >= 0.3 is 18.4 Å². The third-order valence-corrected chi connectivity index (χ3v) is 2.84. The SMILES string of the molecule is Cc1ccc(C(O)(CCNC(=O)NCC(F)(F)F)C(F)(F)F)o1. The van der Waals surface area contributed by atoms with Crippen LogP contribution in [-0.2, 0) is 5.60 Å². The quantitative estimate of drug-likeness (QED) is 0.716. The molecule has 1 atom stereocenters. The van der Waals surface area contributed by atoms with Crippen LogP contribution in [0.5, 0.6) is 0 Å². The minimum absolute atomic E-state index is 0.138. The number of halogens is 6. The molecule has 0 aromatic carbocycles. The highest BCUT2D eigenvalue weighted by molar-refractivity contribution is 5.73. The van der Waals surface area contributed by atoms with Crippen LogP contribution >= 0.6 is 0 Å². The third-order valence-electron chi connectivity index (χ3n) is 2.84. The number of urea groups is 1. The highest BCUT2D eigenvalue weighted by Gasteiger charge is 2.56. The van der Waals surface area contributed by atoms with Gasteiger partial charge in [-0.15, -0.1) is 0 Å². The van der Waals surface area contributed by atoms with Crippen LogP contribution in [0.25, 0.3) is 0 Å². The highest BCUT2D eigenvalue weighted by atomic mass is 19.4. The van der Waals surface area contributed by atoms with Gasteiger partial charge in [-0.2, -0.15) is 26.3 Å². The lowest BCUT2D eigenvalue weighted by atomic mass is 9.96. The number of amides is 2. The number of hydrogen-bond acceptors (Lipinski definition) is 3. The summed E-state index contributed by atoms with van der Waals surface area (Å²) in [6, 6.07) is 0.852. The molecule has 0 radical (unpaired) electrons. The number of carbonyl (C=O) groups is 1. The highest BCUT2D eigenvalue weighted by Crippen LogP contribution is 2.41. The molecule has 1 aromatic heterocycles. The zero-order valence-electron chi connectivity index (χ0n) is 11.8. The van der Waals surface area contributed by atoms with Crippen molar-refractivity contribution in [1.82, 2.24) is 10.6 Å². The molecule has 1 heterocycles. The van der Waals surface area contributed by atoms with E-state index in [-0.39, 0.29) is 5.76 Å². The number of carbonyl (C=O) groups excluding carboxylic acids is 1. The van der Waals surface area contributed by atoms with Gasteiger partial charge < -0.3 is 20.2 Å². The van der Waals surface area contributed by atoms with Crippen LogP contribution in [-0.4, -0.2) is 36.6 Å².